The summed E-state index contributed by atoms with van der Waals surface area (Å²) in [5.41, 5.74) is -1.13. The molecule has 1 aliphatic carbocycles. The molecule has 1 aromatic heterocycles. The van der Waals surface area contributed by atoms with Gasteiger partial charge in [-0.25, -0.2) is 0 Å². The van der Waals surface area contributed by atoms with Crippen LogP contribution in [0.4, 0.5) is 0 Å². The van der Waals surface area contributed by atoms with Crippen LogP contribution in [-0.2, 0) is 14.3 Å². The fraction of sp³-hybridized carbons (Fsp3) is 0.632. The van der Waals surface area contributed by atoms with E-state index in [1.165, 1.54) is 11.3 Å². The topological polar surface area (TPSA) is 72.5 Å². The minimum atomic E-state index is -0.791. The Balaban J connectivity index is 1.97. The van der Waals surface area contributed by atoms with Crippen molar-refractivity contribution in [3.8, 4) is 0 Å². The van der Waals surface area contributed by atoms with Gasteiger partial charge < -0.3 is 10.1 Å². The maximum Gasteiger partial charge on any atom is 0.313 e. The zero-order valence-electron chi connectivity index (χ0n) is 15.4. The summed E-state index contributed by atoms with van der Waals surface area (Å²) in [6, 6.07) is 3.62. The van der Waals surface area contributed by atoms with Crippen molar-refractivity contribution in [1.82, 2.24) is 5.32 Å². The predicted molar refractivity (Wildman–Crippen MR) is 97.8 cm³/mol. The molecule has 1 heterocycles. The molecule has 1 N–H and O–H groups in total. The lowest BCUT2D eigenvalue weighted by atomic mass is 9.82. The molecule has 6 heteroatoms. The van der Waals surface area contributed by atoms with Gasteiger partial charge in [-0.15, -0.1) is 11.3 Å². The Bertz CT molecular complexity index is 651. The SMILES string of the molecule is Cc1ccc(C(=O)COC(=O)C2(CC(=O)NC(C)(C)C)CCCC2)s1. The molecule has 25 heavy (non-hydrogen) atoms. The number of nitrogens with one attached hydrogen (secondary N) is 1. The van der Waals surface area contributed by atoms with Gasteiger partial charge in [0.05, 0.1) is 10.3 Å². The van der Waals surface area contributed by atoms with E-state index in [4.69, 9.17) is 4.74 Å². The zero-order valence-corrected chi connectivity index (χ0v) is 16.3. The summed E-state index contributed by atoms with van der Waals surface area (Å²) in [7, 11) is 0. The second-order valence-electron chi connectivity index (χ2n) is 7.87. The number of carbonyl (C=O) groups is 3. The number of carbonyl (C=O) groups excluding carboxylic acids is 3. The van der Waals surface area contributed by atoms with Gasteiger partial charge in [-0.1, -0.05) is 12.8 Å². The van der Waals surface area contributed by atoms with E-state index < -0.39 is 11.4 Å². The van der Waals surface area contributed by atoms with Crippen LogP contribution in [0.5, 0.6) is 0 Å². The number of ketones is 1. The zero-order chi connectivity index (χ0) is 18.7. The van der Waals surface area contributed by atoms with Crippen LogP contribution in [-0.4, -0.2) is 29.8 Å². The molecule has 0 saturated heterocycles. The maximum absolute atomic E-state index is 12.7. The van der Waals surface area contributed by atoms with Crippen molar-refractivity contribution in [3.63, 3.8) is 0 Å². The van der Waals surface area contributed by atoms with Crippen LogP contribution < -0.4 is 5.32 Å². The highest BCUT2D eigenvalue weighted by Crippen LogP contribution is 2.42. The van der Waals surface area contributed by atoms with Crippen LogP contribution in [0.3, 0.4) is 0 Å². The summed E-state index contributed by atoms with van der Waals surface area (Å²) in [4.78, 5) is 38.7. The molecule has 0 atom stereocenters. The summed E-state index contributed by atoms with van der Waals surface area (Å²) in [5.74, 6) is -0.763. The van der Waals surface area contributed by atoms with Crippen LogP contribution in [0, 0.1) is 12.3 Å². The van der Waals surface area contributed by atoms with Crippen molar-refractivity contribution in [1.29, 1.82) is 0 Å². The van der Waals surface area contributed by atoms with Gasteiger partial charge in [0.2, 0.25) is 11.7 Å². The molecule has 1 aromatic rings. The fourth-order valence-corrected chi connectivity index (χ4v) is 4.01. The monoisotopic (exact) mass is 365 g/mol. The van der Waals surface area contributed by atoms with E-state index in [1.807, 2.05) is 33.8 Å². The molecule has 0 spiro atoms. The molecule has 1 aliphatic rings. The van der Waals surface area contributed by atoms with Gasteiger partial charge in [0.15, 0.2) is 6.61 Å². The van der Waals surface area contributed by atoms with Gasteiger partial charge in [0.1, 0.15) is 0 Å². The first kappa shape index (κ1) is 19.6. The van der Waals surface area contributed by atoms with Crippen LogP contribution in [0.2, 0.25) is 0 Å². The molecule has 0 aromatic carbocycles. The van der Waals surface area contributed by atoms with Gasteiger partial charge in [-0.05, 0) is 52.7 Å². The molecule has 0 bridgehead atoms. The summed E-state index contributed by atoms with van der Waals surface area (Å²) in [5, 5.41) is 2.91. The Hall–Kier alpha value is -1.69. The fourth-order valence-electron chi connectivity index (χ4n) is 3.21. The number of Topliss-reactive ketones (excluding diaryl/α,β-unsaturated/α-hetero) is 1. The molecule has 138 valence electrons. The molecular formula is C19H27NO4S. The van der Waals surface area contributed by atoms with Crippen LogP contribution >= 0.6 is 11.3 Å². The average molecular weight is 365 g/mol. The van der Waals surface area contributed by atoms with Crippen molar-refractivity contribution in [2.24, 2.45) is 5.41 Å². The summed E-state index contributed by atoms with van der Waals surface area (Å²) < 4.78 is 5.32. The highest BCUT2D eigenvalue weighted by molar-refractivity contribution is 7.14. The lowest BCUT2D eigenvalue weighted by Crippen LogP contribution is -2.44. The second-order valence-corrected chi connectivity index (χ2v) is 9.16. The molecule has 1 fully saturated rings. The van der Waals surface area contributed by atoms with Crippen molar-refractivity contribution < 1.29 is 19.1 Å². The van der Waals surface area contributed by atoms with E-state index in [-0.39, 0.29) is 30.3 Å². The number of thiophene rings is 1. The Morgan fingerprint density at radius 1 is 1.20 bits per heavy atom. The summed E-state index contributed by atoms with van der Waals surface area (Å²) >= 11 is 1.39. The van der Waals surface area contributed by atoms with Crippen LogP contribution in [0.1, 0.15) is 67.4 Å². The molecule has 1 amide bonds. The van der Waals surface area contributed by atoms with Crippen molar-refractivity contribution in [2.75, 3.05) is 6.61 Å². The minimum absolute atomic E-state index is 0.120. The van der Waals surface area contributed by atoms with E-state index in [0.717, 1.165) is 17.7 Å². The molecule has 2 rings (SSSR count). The van der Waals surface area contributed by atoms with Crippen molar-refractivity contribution in [3.05, 3.63) is 21.9 Å². The number of hydrogen-bond donors (Lipinski definition) is 1. The maximum atomic E-state index is 12.7. The lowest BCUT2D eigenvalue weighted by Gasteiger charge is -2.28. The third-order valence-corrected chi connectivity index (χ3v) is 5.40. The Morgan fingerprint density at radius 2 is 1.84 bits per heavy atom. The molecule has 5 nitrogen and oxygen atoms in total. The summed E-state index contributed by atoms with van der Waals surface area (Å²) in [6.45, 7) is 7.39. The Morgan fingerprint density at radius 3 is 2.36 bits per heavy atom. The van der Waals surface area contributed by atoms with Crippen LogP contribution in [0.15, 0.2) is 12.1 Å². The first-order valence-electron chi connectivity index (χ1n) is 8.69. The molecular weight excluding hydrogens is 338 g/mol. The van der Waals surface area contributed by atoms with E-state index >= 15 is 0 Å². The smallest absolute Gasteiger partial charge is 0.313 e. The summed E-state index contributed by atoms with van der Waals surface area (Å²) in [6.07, 6.45) is 3.19. The highest BCUT2D eigenvalue weighted by Gasteiger charge is 2.44. The molecule has 0 radical (unpaired) electrons. The van der Waals surface area contributed by atoms with Gasteiger partial charge in [-0.2, -0.15) is 0 Å². The number of hydrogen-bond acceptors (Lipinski definition) is 5. The largest absolute Gasteiger partial charge is 0.457 e. The van der Waals surface area contributed by atoms with Gasteiger partial charge in [0.25, 0.3) is 0 Å². The Kier molecular flexibility index (Phi) is 6.03. The molecule has 1 saturated carbocycles. The van der Waals surface area contributed by atoms with E-state index in [9.17, 15) is 14.4 Å². The van der Waals surface area contributed by atoms with E-state index in [1.54, 1.807) is 6.07 Å². The highest BCUT2D eigenvalue weighted by atomic mass is 32.1. The molecule has 0 aliphatic heterocycles. The van der Waals surface area contributed by atoms with Crippen LogP contribution in [0.25, 0.3) is 0 Å². The van der Waals surface area contributed by atoms with E-state index in [0.29, 0.717) is 17.7 Å². The predicted octanol–water partition coefficient (Wildman–Crippen LogP) is 3.65. The number of amides is 1. The minimum Gasteiger partial charge on any atom is -0.457 e. The number of ether oxygens (including phenoxy) is 1. The lowest BCUT2D eigenvalue weighted by molar-refractivity contribution is -0.157. The first-order chi connectivity index (χ1) is 11.6. The number of rotatable bonds is 6. The second kappa shape index (κ2) is 7.68. The standard InChI is InChI=1S/C19H27NO4S/c1-13-7-8-15(25-13)14(21)12-24-17(23)19(9-5-6-10-19)11-16(22)20-18(2,3)4/h7-8H,5-6,9-12H2,1-4H3,(H,20,22). The van der Waals surface area contributed by atoms with Gasteiger partial charge >= 0.3 is 5.97 Å². The average Bonchev–Trinajstić information content (AvgIpc) is 3.12. The van der Waals surface area contributed by atoms with Crippen molar-refractivity contribution >= 4 is 29.0 Å². The third kappa shape index (κ3) is 5.39. The van der Waals surface area contributed by atoms with E-state index in [2.05, 4.69) is 5.32 Å². The quantitative estimate of drug-likeness (QED) is 0.617. The van der Waals surface area contributed by atoms with Gasteiger partial charge in [0, 0.05) is 16.8 Å². The molecule has 0 unspecified atom stereocenters. The number of esters is 1. The Labute approximate surface area is 153 Å². The third-order valence-electron chi connectivity index (χ3n) is 4.36. The number of aryl methyl sites for hydroxylation is 1. The van der Waals surface area contributed by atoms with Gasteiger partial charge in [-0.3, -0.25) is 14.4 Å². The van der Waals surface area contributed by atoms with Crippen molar-refractivity contribution in [2.45, 2.75) is 65.3 Å². The first-order valence-corrected chi connectivity index (χ1v) is 9.51. The normalized spacial score (nSPS) is 16.5.